The summed E-state index contributed by atoms with van der Waals surface area (Å²) >= 11 is 9.29. The monoisotopic (exact) mass is 436 g/mol. The van der Waals surface area contributed by atoms with E-state index in [1.165, 1.54) is 18.2 Å². The van der Waals surface area contributed by atoms with Gasteiger partial charge in [0.2, 0.25) is 11.7 Å². The van der Waals surface area contributed by atoms with Crippen molar-refractivity contribution in [2.45, 2.75) is 6.54 Å². The van der Waals surface area contributed by atoms with Gasteiger partial charge in [0, 0.05) is 22.2 Å². The SMILES string of the molecule is O=C(Cn1nnc(-c2ccc(Br)cc2)n1)Nc1cc([N+](=O)[O-])ccc1Cl. The van der Waals surface area contributed by atoms with Crippen molar-refractivity contribution in [3.8, 4) is 11.4 Å². The molecule has 9 nitrogen and oxygen atoms in total. The van der Waals surface area contributed by atoms with Crippen molar-refractivity contribution in [3.63, 3.8) is 0 Å². The Morgan fingerprint density at radius 3 is 2.69 bits per heavy atom. The van der Waals surface area contributed by atoms with E-state index >= 15 is 0 Å². The predicted molar refractivity (Wildman–Crippen MR) is 97.7 cm³/mol. The Bertz CT molecular complexity index is 976. The van der Waals surface area contributed by atoms with Crippen molar-refractivity contribution < 1.29 is 9.72 Å². The highest BCUT2D eigenvalue weighted by Crippen LogP contribution is 2.26. The minimum absolute atomic E-state index is 0.138. The Balaban J connectivity index is 1.70. The van der Waals surface area contributed by atoms with E-state index in [1.807, 2.05) is 24.3 Å². The van der Waals surface area contributed by atoms with Gasteiger partial charge in [-0.3, -0.25) is 14.9 Å². The van der Waals surface area contributed by atoms with E-state index in [2.05, 4.69) is 36.7 Å². The number of nitro benzene ring substituents is 1. The molecule has 132 valence electrons. The number of hydrogen-bond acceptors (Lipinski definition) is 6. The normalized spacial score (nSPS) is 10.5. The van der Waals surface area contributed by atoms with Crippen LogP contribution >= 0.6 is 27.5 Å². The summed E-state index contributed by atoms with van der Waals surface area (Å²) in [6.45, 7) is -0.220. The van der Waals surface area contributed by atoms with Crippen LogP contribution in [-0.4, -0.2) is 31.0 Å². The molecule has 0 atom stereocenters. The number of benzene rings is 2. The molecule has 0 aliphatic carbocycles. The van der Waals surface area contributed by atoms with E-state index in [4.69, 9.17) is 11.6 Å². The second-order valence-electron chi connectivity index (χ2n) is 5.12. The molecule has 26 heavy (non-hydrogen) atoms. The summed E-state index contributed by atoms with van der Waals surface area (Å²) < 4.78 is 0.918. The molecule has 3 aromatic rings. The molecule has 0 aliphatic rings. The molecule has 0 spiro atoms. The number of nitro groups is 1. The van der Waals surface area contributed by atoms with Gasteiger partial charge in [-0.1, -0.05) is 27.5 Å². The predicted octanol–water partition coefficient (Wildman–Crippen LogP) is 3.30. The molecule has 1 amide bonds. The van der Waals surface area contributed by atoms with Crippen molar-refractivity contribution in [1.82, 2.24) is 20.2 Å². The molecule has 0 saturated carbocycles. The van der Waals surface area contributed by atoms with Gasteiger partial charge in [-0.25, -0.2) is 0 Å². The molecular weight excluding hydrogens is 428 g/mol. The van der Waals surface area contributed by atoms with Gasteiger partial charge in [0.15, 0.2) is 0 Å². The number of aromatic nitrogens is 4. The molecule has 2 aromatic carbocycles. The number of nitrogens with one attached hydrogen (secondary N) is 1. The molecule has 3 rings (SSSR count). The summed E-state index contributed by atoms with van der Waals surface area (Å²) in [6.07, 6.45) is 0. The fraction of sp³-hybridized carbons (Fsp3) is 0.0667. The van der Waals surface area contributed by atoms with Gasteiger partial charge in [0.25, 0.3) is 5.69 Å². The number of hydrogen-bond donors (Lipinski definition) is 1. The van der Waals surface area contributed by atoms with Crippen LogP contribution < -0.4 is 5.32 Å². The van der Waals surface area contributed by atoms with Gasteiger partial charge in [-0.05, 0) is 35.5 Å². The highest BCUT2D eigenvalue weighted by atomic mass is 79.9. The maximum absolute atomic E-state index is 12.1. The average molecular weight is 438 g/mol. The summed E-state index contributed by atoms with van der Waals surface area (Å²) in [5.74, 6) is -0.120. The summed E-state index contributed by atoms with van der Waals surface area (Å²) in [7, 11) is 0. The molecule has 0 aliphatic heterocycles. The van der Waals surface area contributed by atoms with Crippen LogP contribution in [0.3, 0.4) is 0 Å². The van der Waals surface area contributed by atoms with Crippen LogP contribution in [0.25, 0.3) is 11.4 Å². The summed E-state index contributed by atoms with van der Waals surface area (Å²) in [5.41, 5.74) is 0.710. The number of halogens is 2. The van der Waals surface area contributed by atoms with Crippen LogP contribution in [-0.2, 0) is 11.3 Å². The van der Waals surface area contributed by atoms with Gasteiger partial charge >= 0.3 is 0 Å². The second kappa shape index (κ2) is 7.58. The largest absolute Gasteiger partial charge is 0.323 e. The third-order valence-corrected chi connectivity index (χ3v) is 4.13. The van der Waals surface area contributed by atoms with Crippen molar-refractivity contribution in [2.24, 2.45) is 0 Å². The number of carbonyl (C=O) groups is 1. The van der Waals surface area contributed by atoms with Crippen LogP contribution in [0, 0.1) is 10.1 Å². The second-order valence-corrected chi connectivity index (χ2v) is 6.44. The van der Waals surface area contributed by atoms with Crippen molar-refractivity contribution >= 4 is 44.8 Å². The number of rotatable bonds is 5. The number of tetrazole rings is 1. The molecule has 0 radical (unpaired) electrons. The van der Waals surface area contributed by atoms with Crippen molar-refractivity contribution in [3.05, 3.63) is 62.1 Å². The Morgan fingerprint density at radius 2 is 2.00 bits per heavy atom. The van der Waals surface area contributed by atoms with Crippen LogP contribution in [0.5, 0.6) is 0 Å². The van der Waals surface area contributed by atoms with Gasteiger partial charge in [0.1, 0.15) is 6.54 Å². The fourth-order valence-corrected chi connectivity index (χ4v) is 2.49. The maximum atomic E-state index is 12.1. The minimum Gasteiger partial charge on any atom is -0.323 e. The number of non-ortho nitro benzene ring substituents is 1. The highest BCUT2D eigenvalue weighted by molar-refractivity contribution is 9.10. The van der Waals surface area contributed by atoms with Crippen molar-refractivity contribution in [2.75, 3.05) is 5.32 Å². The first-order valence-electron chi connectivity index (χ1n) is 7.20. The van der Waals surface area contributed by atoms with E-state index in [1.54, 1.807) is 0 Å². The Morgan fingerprint density at radius 1 is 1.27 bits per heavy atom. The summed E-state index contributed by atoms with van der Waals surface area (Å²) in [6, 6.07) is 11.1. The first-order valence-corrected chi connectivity index (χ1v) is 8.37. The quantitative estimate of drug-likeness (QED) is 0.483. The zero-order chi connectivity index (χ0) is 18.7. The minimum atomic E-state index is -0.574. The molecule has 0 fully saturated rings. The van der Waals surface area contributed by atoms with Crippen LogP contribution in [0.1, 0.15) is 0 Å². The molecule has 1 aromatic heterocycles. The zero-order valence-corrected chi connectivity index (χ0v) is 15.3. The van der Waals surface area contributed by atoms with E-state index < -0.39 is 10.8 Å². The Kier molecular flexibility index (Phi) is 5.24. The van der Waals surface area contributed by atoms with Gasteiger partial charge in [0.05, 0.1) is 15.6 Å². The lowest BCUT2D eigenvalue weighted by atomic mass is 10.2. The number of nitrogens with zero attached hydrogens (tertiary/aromatic N) is 5. The van der Waals surface area contributed by atoms with E-state index in [0.717, 1.165) is 14.8 Å². The Labute approximate surface area is 160 Å². The average Bonchev–Trinajstić information content (AvgIpc) is 3.05. The summed E-state index contributed by atoms with van der Waals surface area (Å²) in [4.78, 5) is 23.5. The lowest BCUT2D eigenvalue weighted by molar-refractivity contribution is -0.384. The molecule has 0 saturated heterocycles. The highest BCUT2D eigenvalue weighted by Gasteiger charge is 2.14. The molecular formula is C15H10BrClN6O3. The topological polar surface area (TPSA) is 116 Å². The van der Waals surface area contributed by atoms with Crippen LogP contribution in [0.15, 0.2) is 46.9 Å². The van der Waals surface area contributed by atoms with Gasteiger partial charge in [-0.2, -0.15) is 4.80 Å². The van der Waals surface area contributed by atoms with E-state index in [0.29, 0.717) is 5.82 Å². The number of amides is 1. The Hall–Kier alpha value is -2.85. The number of anilines is 1. The third kappa shape index (κ3) is 4.21. The summed E-state index contributed by atoms with van der Waals surface area (Å²) in [5, 5.41) is 25.4. The molecule has 1 N–H and O–H groups in total. The standard InChI is InChI=1S/C15H10BrClN6O3/c16-10-3-1-9(2-4-10)15-19-21-22(20-15)8-14(24)18-13-7-11(23(25)26)5-6-12(13)17/h1-7H,8H2,(H,18,24). The van der Waals surface area contributed by atoms with E-state index in [9.17, 15) is 14.9 Å². The fourth-order valence-electron chi connectivity index (χ4n) is 2.07. The van der Waals surface area contributed by atoms with Gasteiger partial charge < -0.3 is 5.32 Å². The third-order valence-electron chi connectivity index (χ3n) is 3.28. The van der Waals surface area contributed by atoms with Crippen LogP contribution in [0.2, 0.25) is 5.02 Å². The number of carbonyl (C=O) groups excluding carboxylic acids is 1. The first kappa shape index (κ1) is 18.0. The zero-order valence-electron chi connectivity index (χ0n) is 13.0. The van der Waals surface area contributed by atoms with Crippen LogP contribution in [0.4, 0.5) is 11.4 Å². The lowest BCUT2D eigenvalue weighted by Gasteiger charge is -2.06. The van der Waals surface area contributed by atoms with E-state index in [-0.39, 0.29) is 22.9 Å². The molecule has 1 heterocycles. The smallest absolute Gasteiger partial charge is 0.271 e. The van der Waals surface area contributed by atoms with Gasteiger partial charge in [-0.15, -0.1) is 10.2 Å². The maximum Gasteiger partial charge on any atom is 0.271 e. The first-order chi connectivity index (χ1) is 12.4. The molecule has 11 heteroatoms. The van der Waals surface area contributed by atoms with Crippen molar-refractivity contribution in [1.29, 1.82) is 0 Å². The lowest BCUT2D eigenvalue weighted by Crippen LogP contribution is -2.20. The molecule has 0 bridgehead atoms. The molecule has 0 unspecified atom stereocenters.